The van der Waals surface area contributed by atoms with E-state index in [4.69, 9.17) is 4.74 Å². The Bertz CT molecular complexity index is 236. The Morgan fingerprint density at radius 1 is 0.900 bits per heavy atom. The molecule has 0 aromatic heterocycles. The van der Waals surface area contributed by atoms with Crippen molar-refractivity contribution in [1.29, 1.82) is 0 Å². The van der Waals surface area contributed by atoms with Crippen molar-refractivity contribution in [2.75, 3.05) is 13.7 Å². The maximum Gasteiger partial charge on any atom is 0.0490 e. The Balaban J connectivity index is 1.56. The van der Waals surface area contributed by atoms with Crippen molar-refractivity contribution >= 4 is 0 Å². The van der Waals surface area contributed by atoms with Gasteiger partial charge in [-0.1, -0.05) is 58.3 Å². The summed E-state index contributed by atoms with van der Waals surface area (Å²) in [6.45, 7) is 3.50. The minimum Gasteiger partial charge on any atom is -0.384 e. The van der Waals surface area contributed by atoms with E-state index < -0.39 is 0 Å². The van der Waals surface area contributed by atoms with Gasteiger partial charge in [0.05, 0.1) is 0 Å². The molecule has 2 aliphatic rings. The quantitative estimate of drug-likeness (QED) is 0.570. The zero-order valence-corrected chi connectivity index (χ0v) is 13.9. The topological polar surface area (TPSA) is 9.23 Å². The normalized spacial score (nSPS) is 30.3. The fourth-order valence-electron chi connectivity index (χ4n) is 4.60. The molecule has 2 rings (SSSR count). The van der Waals surface area contributed by atoms with Gasteiger partial charge in [0.1, 0.15) is 0 Å². The monoisotopic (exact) mass is 280 g/mol. The standard InChI is InChI=1S/C19H36O/c1-16(7-6-10-17-8-4-3-5-9-17)19-13-11-18(12-14-19)15-20-2/h16-19H,3-15H2,1-2H3. The highest BCUT2D eigenvalue weighted by molar-refractivity contribution is 4.76. The van der Waals surface area contributed by atoms with Gasteiger partial charge in [0, 0.05) is 13.7 Å². The summed E-state index contributed by atoms with van der Waals surface area (Å²) in [7, 11) is 1.85. The van der Waals surface area contributed by atoms with Gasteiger partial charge in [0.15, 0.2) is 0 Å². The summed E-state index contributed by atoms with van der Waals surface area (Å²) in [6, 6.07) is 0. The molecule has 0 spiro atoms. The molecule has 0 bridgehead atoms. The van der Waals surface area contributed by atoms with Crippen LogP contribution in [0.1, 0.15) is 84.0 Å². The maximum atomic E-state index is 5.31. The van der Waals surface area contributed by atoms with E-state index >= 15 is 0 Å². The third kappa shape index (κ3) is 5.39. The van der Waals surface area contributed by atoms with E-state index in [0.29, 0.717) is 0 Å². The Kier molecular flexibility index (Phi) is 7.41. The molecule has 0 aromatic carbocycles. The van der Waals surface area contributed by atoms with E-state index in [1.807, 2.05) is 7.11 Å². The molecular weight excluding hydrogens is 244 g/mol. The molecule has 0 amide bonds. The molecule has 1 heteroatoms. The molecule has 2 saturated carbocycles. The smallest absolute Gasteiger partial charge is 0.0490 e. The highest BCUT2D eigenvalue weighted by Crippen LogP contribution is 2.36. The van der Waals surface area contributed by atoms with Gasteiger partial charge in [-0.2, -0.15) is 0 Å². The number of hydrogen-bond donors (Lipinski definition) is 0. The average molecular weight is 280 g/mol. The summed E-state index contributed by atoms with van der Waals surface area (Å²) in [4.78, 5) is 0. The Labute approximate surface area is 126 Å². The van der Waals surface area contributed by atoms with Gasteiger partial charge in [-0.3, -0.25) is 0 Å². The lowest BCUT2D eigenvalue weighted by Gasteiger charge is -2.32. The van der Waals surface area contributed by atoms with Crippen molar-refractivity contribution in [1.82, 2.24) is 0 Å². The summed E-state index contributed by atoms with van der Waals surface area (Å²) in [5.74, 6) is 3.90. The zero-order chi connectivity index (χ0) is 14.2. The third-order valence-electron chi connectivity index (χ3n) is 6.10. The Morgan fingerprint density at radius 2 is 1.60 bits per heavy atom. The van der Waals surface area contributed by atoms with E-state index in [1.165, 1.54) is 77.0 Å². The van der Waals surface area contributed by atoms with Crippen LogP contribution in [-0.4, -0.2) is 13.7 Å². The van der Waals surface area contributed by atoms with Crippen molar-refractivity contribution in [2.24, 2.45) is 23.7 Å². The second-order valence-corrected chi connectivity index (χ2v) is 7.65. The van der Waals surface area contributed by atoms with Gasteiger partial charge in [-0.05, 0) is 49.4 Å². The second kappa shape index (κ2) is 9.07. The minimum atomic E-state index is 0.852. The average Bonchev–Trinajstić information content (AvgIpc) is 2.49. The molecule has 0 aliphatic heterocycles. The van der Waals surface area contributed by atoms with E-state index in [1.54, 1.807) is 0 Å². The number of rotatable bonds is 7. The molecule has 0 radical (unpaired) electrons. The van der Waals surface area contributed by atoms with Gasteiger partial charge >= 0.3 is 0 Å². The summed E-state index contributed by atoms with van der Waals surface area (Å²) in [5, 5.41) is 0. The third-order valence-corrected chi connectivity index (χ3v) is 6.10. The van der Waals surface area contributed by atoms with Crippen LogP contribution in [0.15, 0.2) is 0 Å². The largest absolute Gasteiger partial charge is 0.384 e. The van der Waals surface area contributed by atoms with Crippen LogP contribution in [-0.2, 0) is 4.74 Å². The lowest BCUT2D eigenvalue weighted by atomic mass is 9.74. The van der Waals surface area contributed by atoms with Crippen LogP contribution in [0, 0.1) is 23.7 Å². The van der Waals surface area contributed by atoms with Crippen LogP contribution < -0.4 is 0 Å². The molecule has 0 N–H and O–H groups in total. The number of methoxy groups -OCH3 is 1. The predicted octanol–water partition coefficient (Wildman–Crippen LogP) is 5.83. The lowest BCUT2D eigenvalue weighted by molar-refractivity contribution is 0.106. The van der Waals surface area contributed by atoms with Gasteiger partial charge < -0.3 is 4.74 Å². The van der Waals surface area contributed by atoms with Gasteiger partial charge in [-0.25, -0.2) is 0 Å². The summed E-state index contributed by atoms with van der Waals surface area (Å²) < 4.78 is 5.31. The minimum absolute atomic E-state index is 0.852. The molecular formula is C19H36O. The molecule has 1 atom stereocenters. The second-order valence-electron chi connectivity index (χ2n) is 7.65. The maximum absolute atomic E-state index is 5.31. The lowest BCUT2D eigenvalue weighted by Crippen LogP contribution is -2.22. The highest BCUT2D eigenvalue weighted by Gasteiger charge is 2.25. The first kappa shape index (κ1) is 16.3. The van der Waals surface area contributed by atoms with Gasteiger partial charge in [0.2, 0.25) is 0 Å². The molecule has 1 nitrogen and oxygen atoms in total. The van der Waals surface area contributed by atoms with E-state index in [2.05, 4.69) is 6.92 Å². The molecule has 0 aromatic rings. The molecule has 118 valence electrons. The zero-order valence-electron chi connectivity index (χ0n) is 13.9. The van der Waals surface area contributed by atoms with Crippen LogP contribution in [0.25, 0.3) is 0 Å². The summed E-state index contributed by atoms with van der Waals surface area (Å²) in [6.07, 6.45) is 17.8. The molecule has 2 fully saturated rings. The van der Waals surface area contributed by atoms with E-state index in [9.17, 15) is 0 Å². The van der Waals surface area contributed by atoms with Gasteiger partial charge in [0.25, 0.3) is 0 Å². The Hall–Kier alpha value is -0.0400. The molecule has 0 saturated heterocycles. The summed E-state index contributed by atoms with van der Waals surface area (Å²) in [5.41, 5.74) is 0. The van der Waals surface area contributed by atoms with Crippen molar-refractivity contribution in [3.63, 3.8) is 0 Å². The first-order valence-electron chi connectivity index (χ1n) is 9.28. The first-order chi connectivity index (χ1) is 9.79. The van der Waals surface area contributed by atoms with Crippen LogP contribution in [0.4, 0.5) is 0 Å². The molecule has 2 aliphatic carbocycles. The van der Waals surface area contributed by atoms with Crippen LogP contribution in [0.5, 0.6) is 0 Å². The van der Waals surface area contributed by atoms with E-state index in [0.717, 1.165) is 30.3 Å². The van der Waals surface area contributed by atoms with E-state index in [-0.39, 0.29) is 0 Å². The fraction of sp³-hybridized carbons (Fsp3) is 1.00. The van der Waals surface area contributed by atoms with Crippen LogP contribution in [0.2, 0.25) is 0 Å². The molecule has 1 unspecified atom stereocenters. The van der Waals surface area contributed by atoms with Crippen molar-refractivity contribution in [2.45, 2.75) is 84.0 Å². The van der Waals surface area contributed by atoms with Crippen molar-refractivity contribution in [3.05, 3.63) is 0 Å². The van der Waals surface area contributed by atoms with Crippen molar-refractivity contribution < 1.29 is 4.74 Å². The predicted molar refractivity (Wildman–Crippen MR) is 86.9 cm³/mol. The van der Waals surface area contributed by atoms with Crippen LogP contribution in [0.3, 0.4) is 0 Å². The van der Waals surface area contributed by atoms with Crippen LogP contribution >= 0.6 is 0 Å². The van der Waals surface area contributed by atoms with Gasteiger partial charge in [-0.15, -0.1) is 0 Å². The summed E-state index contributed by atoms with van der Waals surface area (Å²) >= 11 is 0. The fourth-order valence-corrected chi connectivity index (χ4v) is 4.60. The van der Waals surface area contributed by atoms with Crippen molar-refractivity contribution in [3.8, 4) is 0 Å². The molecule has 20 heavy (non-hydrogen) atoms. The number of ether oxygens (including phenoxy) is 1. The number of hydrogen-bond acceptors (Lipinski definition) is 1. The molecule has 0 heterocycles. The highest BCUT2D eigenvalue weighted by atomic mass is 16.5. The Morgan fingerprint density at radius 3 is 2.25 bits per heavy atom. The first-order valence-corrected chi connectivity index (χ1v) is 9.28. The SMILES string of the molecule is COCC1CCC(C(C)CCCC2CCCCC2)CC1.